The van der Waals surface area contributed by atoms with Crippen LogP contribution in [0.15, 0.2) is 46.4 Å². The standard InChI is InChI=1S/C21H30FN4O2.C8H6Cl2O3/c1-27-20-9-8-18(14-19(20)22)26(17-6-4-2-3-5-7-17)16-23-15-24-21(26)25-10-12-28-13-11-25;9-5-1-2-7(6(10)3-5)13-4-8(11)12/h8-9,14-17,21H,2-7,10-13H2,1H3;1-3H,4H2,(H,11,12)/q+1;. The van der Waals surface area contributed by atoms with E-state index in [0.29, 0.717) is 39.5 Å². The monoisotopic (exact) mass is 609 g/mol. The molecule has 2 heterocycles. The molecular weight excluding hydrogens is 574 g/mol. The van der Waals surface area contributed by atoms with Crippen LogP contribution in [0, 0.1) is 5.82 Å². The summed E-state index contributed by atoms with van der Waals surface area (Å²) in [6, 6.07) is 10.2. The van der Waals surface area contributed by atoms with Gasteiger partial charge in [0.05, 0.1) is 25.3 Å². The normalized spacial score (nSPS) is 23.3. The first kappa shape index (κ1) is 31.2. The molecule has 2 fully saturated rings. The number of quaternary nitrogens is 1. The van der Waals surface area contributed by atoms with Gasteiger partial charge in [-0.2, -0.15) is 9.98 Å². The minimum absolute atomic E-state index is 0.141. The van der Waals surface area contributed by atoms with Gasteiger partial charge in [0.1, 0.15) is 23.8 Å². The summed E-state index contributed by atoms with van der Waals surface area (Å²) in [7, 11) is 1.50. The number of methoxy groups -OCH3 is 1. The first-order valence-corrected chi connectivity index (χ1v) is 14.5. The Morgan fingerprint density at radius 2 is 1.80 bits per heavy atom. The van der Waals surface area contributed by atoms with E-state index in [9.17, 15) is 9.18 Å². The van der Waals surface area contributed by atoms with Crippen molar-refractivity contribution in [1.29, 1.82) is 0 Å². The van der Waals surface area contributed by atoms with Crippen molar-refractivity contribution < 1.29 is 28.5 Å². The van der Waals surface area contributed by atoms with Crippen molar-refractivity contribution in [2.45, 2.75) is 50.9 Å². The van der Waals surface area contributed by atoms with Crippen molar-refractivity contribution in [2.75, 3.05) is 40.0 Å². The Morgan fingerprint density at radius 1 is 1.10 bits per heavy atom. The van der Waals surface area contributed by atoms with Gasteiger partial charge in [-0.25, -0.2) is 18.6 Å². The lowest BCUT2D eigenvalue weighted by molar-refractivity contribution is -0.139. The highest BCUT2D eigenvalue weighted by Gasteiger charge is 2.49. The van der Waals surface area contributed by atoms with E-state index in [0.717, 1.165) is 31.6 Å². The number of morpholine rings is 1. The van der Waals surface area contributed by atoms with Crippen LogP contribution in [0.2, 0.25) is 10.0 Å². The molecule has 2 atom stereocenters. The fraction of sp³-hybridized carbons (Fsp3) is 0.483. The first-order valence-electron chi connectivity index (χ1n) is 13.7. The first-order chi connectivity index (χ1) is 19.8. The summed E-state index contributed by atoms with van der Waals surface area (Å²) in [5.74, 6) is -0.808. The van der Waals surface area contributed by atoms with E-state index in [-0.39, 0.29) is 17.9 Å². The number of ether oxygens (including phenoxy) is 3. The lowest BCUT2D eigenvalue weighted by atomic mass is 10.0. The number of carboxylic acid groups (broad SMARTS) is 1. The van der Waals surface area contributed by atoms with Crippen molar-refractivity contribution in [3.8, 4) is 11.5 Å². The second kappa shape index (κ2) is 14.9. The van der Waals surface area contributed by atoms with Crippen LogP contribution < -0.4 is 14.0 Å². The maximum absolute atomic E-state index is 14.7. The van der Waals surface area contributed by atoms with Crippen LogP contribution in [-0.2, 0) is 9.53 Å². The number of nitrogens with zero attached hydrogens (tertiary/aromatic N) is 4. The minimum Gasteiger partial charge on any atom is -0.494 e. The fourth-order valence-corrected chi connectivity index (χ4v) is 6.05. The van der Waals surface area contributed by atoms with Crippen LogP contribution in [0.25, 0.3) is 0 Å². The molecular formula is C29H36Cl2FN4O5+. The Bertz CT molecular complexity index is 1240. The number of hydrogen-bond acceptors (Lipinski definition) is 7. The Labute approximate surface area is 249 Å². The summed E-state index contributed by atoms with van der Waals surface area (Å²) >= 11 is 11.3. The van der Waals surface area contributed by atoms with Crippen LogP contribution >= 0.6 is 23.2 Å². The quantitative estimate of drug-likeness (QED) is 0.305. The van der Waals surface area contributed by atoms with Gasteiger partial charge >= 0.3 is 5.97 Å². The summed E-state index contributed by atoms with van der Waals surface area (Å²) < 4.78 is 30.8. The highest BCUT2D eigenvalue weighted by molar-refractivity contribution is 6.35. The second-order valence-corrected chi connectivity index (χ2v) is 10.9. The van der Waals surface area contributed by atoms with E-state index < -0.39 is 12.6 Å². The van der Waals surface area contributed by atoms with Gasteiger partial charge in [0, 0.05) is 43.1 Å². The Morgan fingerprint density at radius 3 is 2.44 bits per heavy atom. The molecule has 0 bridgehead atoms. The predicted octanol–water partition coefficient (Wildman–Crippen LogP) is 6.01. The molecule has 9 nitrogen and oxygen atoms in total. The molecule has 41 heavy (non-hydrogen) atoms. The highest BCUT2D eigenvalue weighted by Crippen LogP contribution is 2.39. The van der Waals surface area contributed by atoms with Crippen molar-refractivity contribution >= 4 is 47.5 Å². The van der Waals surface area contributed by atoms with Gasteiger partial charge in [0.2, 0.25) is 0 Å². The molecule has 0 amide bonds. The van der Waals surface area contributed by atoms with Crippen molar-refractivity contribution in [2.24, 2.45) is 9.98 Å². The largest absolute Gasteiger partial charge is 0.494 e. The van der Waals surface area contributed by atoms with E-state index in [1.807, 2.05) is 12.4 Å². The van der Waals surface area contributed by atoms with Crippen LogP contribution in [-0.4, -0.2) is 81.0 Å². The van der Waals surface area contributed by atoms with Gasteiger partial charge < -0.3 is 19.3 Å². The molecule has 1 N–H and O–H groups in total. The lowest BCUT2D eigenvalue weighted by Gasteiger charge is -2.48. The van der Waals surface area contributed by atoms with E-state index >= 15 is 0 Å². The summed E-state index contributed by atoms with van der Waals surface area (Å²) in [6.07, 6.45) is 10.6. The number of carboxylic acids is 1. The van der Waals surface area contributed by atoms with Crippen molar-refractivity contribution in [3.05, 3.63) is 52.3 Å². The summed E-state index contributed by atoms with van der Waals surface area (Å²) in [6.45, 7) is 2.62. The average molecular weight is 611 g/mol. The summed E-state index contributed by atoms with van der Waals surface area (Å²) in [5, 5.41) is 9.11. The SMILES string of the molecule is COc1ccc([N+]2(C3CCCCCC3)C=NC=NC2N2CCOCC2)cc1F.O=C(O)COc1ccc(Cl)cc1Cl. The number of halogens is 3. The molecule has 222 valence electrons. The molecule has 5 rings (SSSR count). The van der Waals surface area contributed by atoms with E-state index in [1.54, 1.807) is 24.5 Å². The topological polar surface area (TPSA) is 93.0 Å². The zero-order valence-corrected chi connectivity index (χ0v) is 24.6. The molecule has 0 radical (unpaired) electrons. The van der Waals surface area contributed by atoms with Crippen molar-refractivity contribution in [3.63, 3.8) is 0 Å². The third-order valence-electron chi connectivity index (χ3n) is 7.54. The fourth-order valence-electron chi connectivity index (χ4n) is 5.59. The molecule has 1 saturated heterocycles. The van der Waals surface area contributed by atoms with E-state index in [4.69, 9.17) is 47.5 Å². The molecule has 2 aliphatic heterocycles. The Balaban J connectivity index is 0.000000251. The van der Waals surface area contributed by atoms with Gasteiger partial charge in [-0.15, -0.1) is 0 Å². The van der Waals surface area contributed by atoms with Crippen LogP contribution in [0.4, 0.5) is 10.1 Å². The maximum Gasteiger partial charge on any atom is 0.341 e. The summed E-state index contributed by atoms with van der Waals surface area (Å²) in [4.78, 5) is 21.8. The maximum atomic E-state index is 14.7. The smallest absolute Gasteiger partial charge is 0.341 e. The predicted molar refractivity (Wildman–Crippen MR) is 159 cm³/mol. The molecule has 1 aliphatic carbocycles. The zero-order valence-electron chi connectivity index (χ0n) is 23.1. The van der Waals surface area contributed by atoms with Gasteiger partial charge in [-0.1, -0.05) is 36.0 Å². The van der Waals surface area contributed by atoms with Gasteiger partial charge in [-0.3, -0.25) is 0 Å². The molecule has 2 unspecified atom stereocenters. The molecule has 0 spiro atoms. The van der Waals surface area contributed by atoms with E-state index in [1.165, 1.54) is 44.9 Å². The molecule has 2 aromatic rings. The molecule has 0 aromatic heterocycles. The number of carbonyl (C=O) groups is 1. The third-order valence-corrected chi connectivity index (χ3v) is 8.07. The molecule has 1 saturated carbocycles. The Hall–Kier alpha value is -2.76. The van der Waals surface area contributed by atoms with Crippen LogP contribution in [0.5, 0.6) is 11.5 Å². The van der Waals surface area contributed by atoms with Gasteiger partial charge in [0.15, 0.2) is 24.5 Å². The van der Waals surface area contributed by atoms with Crippen LogP contribution in [0.1, 0.15) is 38.5 Å². The van der Waals surface area contributed by atoms with Gasteiger partial charge in [-0.05, 0) is 37.1 Å². The average Bonchev–Trinajstić information content (AvgIpc) is 3.27. The van der Waals surface area contributed by atoms with Crippen molar-refractivity contribution in [1.82, 2.24) is 9.38 Å². The number of aliphatic imine (C=N–C) groups is 2. The Kier molecular flexibility index (Phi) is 11.4. The summed E-state index contributed by atoms with van der Waals surface area (Å²) in [5.41, 5.74) is 0.891. The molecule has 12 heteroatoms. The molecule has 2 aromatic carbocycles. The number of aliphatic carboxylic acids is 1. The highest BCUT2D eigenvalue weighted by atomic mass is 35.5. The van der Waals surface area contributed by atoms with Crippen LogP contribution in [0.3, 0.4) is 0 Å². The second-order valence-electron chi connectivity index (χ2n) is 10.1. The number of rotatable bonds is 7. The third kappa shape index (κ3) is 7.75. The lowest BCUT2D eigenvalue weighted by Crippen LogP contribution is -2.68. The van der Waals surface area contributed by atoms with Gasteiger partial charge in [0.25, 0.3) is 6.29 Å². The minimum atomic E-state index is -1.05. The number of hydrogen-bond donors (Lipinski definition) is 1. The zero-order chi connectivity index (χ0) is 29.2. The number of benzene rings is 2. The van der Waals surface area contributed by atoms with E-state index in [2.05, 4.69) is 9.89 Å². The molecule has 3 aliphatic rings.